The maximum absolute atomic E-state index is 5.37. The standard InChI is InChI=1S/C7H14N2S2/c1-11-6-3-2-5(4-6)9-7(8)10/h5-6H,2-4H2,1H3,(H3,8,9,10). The summed E-state index contributed by atoms with van der Waals surface area (Å²) in [6, 6.07) is 0.532. The van der Waals surface area contributed by atoms with Crippen LogP contribution in [0.5, 0.6) is 0 Å². The Kier molecular flexibility index (Phi) is 3.45. The van der Waals surface area contributed by atoms with Crippen molar-refractivity contribution in [1.82, 2.24) is 5.32 Å². The van der Waals surface area contributed by atoms with Crippen molar-refractivity contribution in [3.63, 3.8) is 0 Å². The second-order valence-corrected chi connectivity index (χ2v) is 4.45. The van der Waals surface area contributed by atoms with Crippen LogP contribution < -0.4 is 11.1 Å². The zero-order valence-electron chi connectivity index (χ0n) is 6.67. The Bertz CT molecular complexity index is 149. The van der Waals surface area contributed by atoms with Crippen molar-refractivity contribution in [3.05, 3.63) is 0 Å². The Morgan fingerprint density at radius 2 is 2.36 bits per heavy atom. The number of rotatable bonds is 2. The van der Waals surface area contributed by atoms with Gasteiger partial charge in [0.1, 0.15) is 0 Å². The van der Waals surface area contributed by atoms with E-state index in [1.54, 1.807) is 0 Å². The first-order valence-corrected chi connectivity index (χ1v) is 5.50. The van der Waals surface area contributed by atoms with Crippen LogP contribution in [0.3, 0.4) is 0 Å². The van der Waals surface area contributed by atoms with E-state index in [0.717, 1.165) is 5.25 Å². The van der Waals surface area contributed by atoms with Gasteiger partial charge in [-0.1, -0.05) is 0 Å². The third kappa shape index (κ3) is 2.87. The summed E-state index contributed by atoms with van der Waals surface area (Å²) in [5.41, 5.74) is 5.37. The van der Waals surface area contributed by atoms with Crippen molar-refractivity contribution in [3.8, 4) is 0 Å². The van der Waals surface area contributed by atoms with E-state index in [1.807, 2.05) is 11.8 Å². The SMILES string of the molecule is CSC1CCC(NC(N)=S)C1. The Labute approximate surface area is 77.3 Å². The lowest BCUT2D eigenvalue weighted by molar-refractivity contribution is 0.634. The fourth-order valence-corrected chi connectivity index (χ4v) is 2.45. The van der Waals surface area contributed by atoms with Gasteiger partial charge in [0, 0.05) is 11.3 Å². The molecule has 0 radical (unpaired) electrons. The van der Waals surface area contributed by atoms with E-state index in [1.165, 1.54) is 19.3 Å². The molecule has 1 fully saturated rings. The third-order valence-corrected chi connectivity index (χ3v) is 3.28. The van der Waals surface area contributed by atoms with Gasteiger partial charge in [-0.15, -0.1) is 0 Å². The molecule has 0 aromatic heterocycles. The lowest BCUT2D eigenvalue weighted by Gasteiger charge is -2.11. The molecular weight excluding hydrogens is 176 g/mol. The van der Waals surface area contributed by atoms with E-state index in [9.17, 15) is 0 Å². The highest BCUT2D eigenvalue weighted by Crippen LogP contribution is 2.27. The summed E-state index contributed by atoms with van der Waals surface area (Å²) in [6.07, 6.45) is 5.87. The van der Waals surface area contributed by atoms with Gasteiger partial charge < -0.3 is 11.1 Å². The molecule has 64 valence electrons. The molecular formula is C7H14N2S2. The Morgan fingerprint density at radius 1 is 1.64 bits per heavy atom. The third-order valence-electron chi connectivity index (χ3n) is 2.06. The van der Waals surface area contributed by atoms with E-state index >= 15 is 0 Å². The molecule has 0 saturated heterocycles. The molecule has 1 rings (SSSR count). The molecule has 2 atom stereocenters. The van der Waals surface area contributed by atoms with Crippen molar-refractivity contribution in [1.29, 1.82) is 0 Å². The van der Waals surface area contributed by atoms with Crippen molar-refractivity contribution in [2.75, 3.05) is 6.26 Å². The summed E-state index contributed by atoms with van der Waals surface area (Å²) in [6.45, 7) is 0. The van der Waals surface area contributed by atoms with Crippen LogP contribution in [0.1, 0.15) is 19.3 Å². The topological polar surface area (TPSA) is 38.0 Å². The lowest BCUT2D eigenvalue weighted by Crippen LogP contribution is -2.36. The lowest BCUT2D eigenvalue weighted by atomic mass is 10.3. The van der Waals surface area contributed by atoms with Gasteiger partial charge in [0.05, 0.1) is 0 Å². The van der Waals surface area contributed by atoms with Gasteiger partial charge in [0.25, 0.3) is 0 Å². The molecule has 0 aromatic carbocycles. The zero-order valence-corrected chi connectivity index (χ0v) is 8.30. The molecule has 2 nitrogen and oxygen atoms in total. The predicted molar refractivity (Wildman–Crippen MR) is 54.9 cm³/mol. The van der Waals surface area contributed by atoms with Crippen LogP contribution in [0.25, 0.3) is 0 Å². The van der Waals surface area contributed by atoms with Gasteiger partial charge in [-0.25, -0.2) is 0 Å². The van der Waals surface area contributed by atoms with Crippen LogP contribution in [0, 0.1) is 0 Å². The average molecular weight is 190 g/mol. The highest BCUT2D eigenvalue weighted by Gasteiger charge is 2.23. The minimum atomic E-state index is 0.441. The van der Waals surface area contributed by atoms with Crippen LogP contribution in [-0.4, -0.2) is 22.7 Å². The largest absolute Gasteiger partial charge is 0.376 e. The first-order chi connectivity index (χ1) is 5.22. The van der Waals surface area contributed by atoms with Gasteiger partial charge in [0.15, 0.2) is 5.11 Å². The van der Waals surface area contributed by atoms with E-state index in [4.69, 9.17) is 18.0 Å². The minimum Gasteiger partial charge on any atom is -0.376 e. The molecule has 0 heterocycles. The number of thiocarbonyl (C=S) groups is 1. The number of nitrogens with one attached hydrogen (secondary N) is 1. The van der Waals surface area contributed by atoms with E-state index in [0.29, 0.717) is 11.2 Å². The maximum atomic E-state index is 5.37. The molecule has 0 bridgehead atoms. The highest BCUT2D eigenvalue weighted by molar-refractivity contribution is 7.99. The summed E-state index contributed by atoms with van der Waals surface area (Å²) in [5.74, 6) is 0. The fraction of sp³-hybridized carbons (Fsp3) is 0.857. The van der Waals surface area contributed by atoms with Gasteiger partial charge >= 0.3 is 0 Å². The molecule has 11 heavy (non-hydrogen) atoms. The molecule has 1 aliphatic carbocycles. The number of hydrogen-bond acceptors (Lipinski definition) is 2. The molecule has 0 aliphatic heterocycles. The number of nitrogens with two attached hydrogens (primary N) is 1. The van der Waals surface area contributed by atoms with Crippen LogP contribution in [-0.2, 0) is 0 Å². The fourth-order valence-electron chi connectivity index (χ4n) is 1.49. The molecule has 1 saturated carbocycles. The zero-order chi connectivity index (χ0) is 8.27. The van der Waals surface area contributed by atoms with Gasteiger partial charge in [-0.3, -0.25) is 0 Å². The average Bonchev–Trinajstić information content (AvgIpc) is 2.34. The van der Waals surface area contributed by atoms with Crippen LogP contribution in [0.2, 0.25) is 0 Å². The Morgan fingerprint density at radius 3 is 2.82 bits per heavy atom. The smallest absolute Gasteiger partial charge is 0.163 e. The predicted octanol–water partition coefficient (Wildman–Crippen LogP) is 1.10. The van der Waals surface area contributed by atoms with Crippen LogP contribution in [0.15, 0.2) is 0 Å². The van der Waals surface area contributed by atoms with Gasteiger partial charge in [-0.05, 0) is 37.7 Å². The van der Waals surface area contributed by atoms with Crippen molar-refractivity contribution in [2.45, 2.75) is 30.6 Å². The summed E-state index contributed by atoms with van der Waals surface area (Å²) >= 11 is 6.71. The summed E-state index contributed by atoms with van der Waals surface area (Å²) < 4.78 is 0. The maximum Gasteiger partial charge on any atom is 0.163 e. The molecule has 2 unspecified atom stereocenters. The normalized spacial score (nSPS) is 30.3. The molecule has 0 amide bonds. The van der Waals surface area contributed by atoms with Crippen LogP contribution >= 0.6 is 24.0 Å². The highest BCUT2D eigenvalue weighted by atomic mass is 32.2. The quantitative estimate of drug-likeness (QED) is 0.640. The second kappa shape index (κ2) is 4.16. The summed E-state index contributed by atoms with van der Waals surface area (Å²) in [7, 11) is 0. The van der Waals surface area contributed by atoms with Gasteiger partial charge in [0.2, 0.25) is 0 Å². The Hall–Kier alpha value is 0.0400. The van der Waals surface area contributed by atoms with E-state index in [2.05, 4.69) is 11.6 Å². The van der Waals surface area contributed by atoms with E-state index in [-0.39, 0.29) is 0 Å². The summed E-state index contributed by atoms with van der Waals surface area (Å²) in [4.78, 5) is 0. The first-order valence-electron chi connectivity index (χ1n) is 3.81. The van der Waals surface area contributed by atoms with Crippen molar-refractivity contribution in [2.24, 2.45) is 5.73 Å². The molecule has 1 aliphatic rings. The number of hydrogen-bond donors (Lipinski definition) is 2. The molecule has 3 N–H and O–H groups in total. The van der Waals surface area contributed by atoms with Crippen LogP contribution in [0.4, 0.5) is 0 Å². The first kappa shape index (κ1) is 9.13. The Balaban J connectivity index is 2.24. The van der Waals surface area contributed by atoms with Crippen molar-refractivity contribution < 1.29 is 0 Å². The van der Waals surface area contributed by atoms with E-state index < -0.39 is 0 Å². The number of thioether (sulfide) groups is 1. The second-order valence-electron chi connectivity index (χ2n) is 2.88. The monoisotopic (exact) mass is 190 g/mol. The van der Waals surface area contributed by atoms with Crippen molar-refractivity contribution >= 4 is 29.1 Å². The minimum absolute atomic E-state index is 0.441. The summed E-state index contributed by atoms with van der Waals surface area (Å²) in [5, 5.41) is 4.35. The molecule has 4 heteroatoms. The molecule has 0 spiro atoms. The van der Waals surface area contributed by atoms with Gasteiger partial charge in [-0.2, -0.15) is 11.8 Å². The molecule has 0 aromatic rings.